The van der Waals surface area contributed by atoms with Crippen LogP contribution in [0, 0.1) is 0 Å². The van der Waals surface area contributed by atoms with Gasteiger partial charge in [-0.2, -0.15) is 0 Å². The number of hydrogen-bond acceptors (Lipinski definition) is 2. The van der Waals surface area contributed by atoms with E-state index in [1.54, 1.807) is 17.4 Å². The molecule has 1 N–H and O–H groups in total. The Bertz CT molecular complexity index is 1190. The predicted molar refractivity (Wildman–Crippen MR) is 153 cm³/mol. The molecule has 1 heterocycles. The third kappa shape index (κ3) is 7.58. The van der Waals surface area contributed by atoms with Crippen molar-refractivity contribution in [1.82, 2.24) is 0 Å². The van der Waals surface area contributed by atoms with E-state index in [2.05, 4.69) is 62.0 Å². The number of unbranched alkanes of at least 4 members (excludes halogenated alkanes) is 3. The van der Waals surface area contributed by atoms with E-state index in [0.717, 1.165) is 12.5 Å². The van der Waals surface area contributed by atoms with Crippen LogP contribution in [0.25, 0.3) is 21.5 Å². The minimum absolute atomic E-state index is 0.176. The van der Waals surface area contributed by atoms with Crippen LogP contribution in [0.15, 0.2) is 85.2 Å². The summed E-state index contributed by atoms with van der Waals surface area (Å²) in [5, 5.41) is 13.6. The lowest BCUT2D eigenvalue weighted by Crippen LogP contribution is -2.10. The van der Waals surface area contributed by atoms with E-state index in [1.165, 1.54) is 79.8 Å². The fraction of sp³-hybridized carbons (Fsp3) is 0.364. The second-order valence-corrected chi connectivity index (χ2v) is 9.63. The van der Waals surface area contributed by atoms with Crippen molar-refractivity contribution in [3.8, 4) is 0 Å². The first-order chi connectivity index (χ1) is 17.5. The number of rotatable bonds is 6. The molecule has 0 saturated carbocycles. The number of carbonyl (C=O) groups is 1. The first-order valence-electron chi connectivity index (χ1n) is 13.3. The molecule has 1 aliphatic heterocycles. The molecule has 1 atom stereocenters. The van der Waals surface area contributed by atoms with Gasteiger partial charge in [-0.25, -0.2) is 4.79 Å². The summed E-state index contributed by atoms with van der Waals surface area (Å²) in [5.74, 6) is -0.162. The van der Waals surface area contributed by atoms with Crippen LogP contribution in [-0.4, -0.2) is 17.7 Å². The number of carboxylic acid groups (broad SMARTS) is 1. The summed E-state index contributed by atoms with van der Waals surface area (Å²) in [7, 11) is 0. The van der Waals surface area contributed by atoms with Crippen molar-refractivity contribution < 1.29 is 14.6 Å². The Hall–Kier alpha value is -3.33. The third-order valence-electron chi connectivity index (χ3n) is 6.85. The topological polar surface area (TPSA) is 46.5 Å². The standard InChI is InChI=1S/C24H28.C5H6O.C4H6O2/c1-2-3-4-5-10-19-11-8-12-20-15-16-22-21-13-7-6-9-18(21)14-17-23(22)24(19)20;1-2-4-6-5-3-1;1-3(2)4(5)6/h6-7,9,13-17,19H,2-5,8,10-12H2,1H3;1-4H,5H2;1H2,2H3,(H,5,6). The minimum atomic E-state index is -0.935. The first kappa shape index (κ1) is 27.3. The molecule has 3 aromatic rings. The highest BCUT2D eigenvalue weighted by Gasteiger charge is 2.22. The second-order valence-electron chi connectivity index (χ2n) is 9.63. The van der Waals surface area contributed by atoms with Gasteiger partial charge >= 0.3 is 5.97 Å². The highest BCUT2D eigenvalue weighted by Crippen LogP contribution is 2.41. The lowest BCUT2D eigenvalue weighted by molar-refractivity contribution is -0.132. The smallest absolute Gasteiger partial charge is 0.330 e. The fourth-order valence-corrected chi connectivity index (χ4v) is 4.99. The van der Waals surface area contributed by atoms with Crippen LogP contribution < -0.4 is 0 Å². The Morgan fingerprint density at radius 1 is 1.00 bits per heavy atom. The van der Waals surface area contributed by atoms with Gasteiger partial charge in [0, 0.05) is 5.57 Å². The Balaban J connectivity index is 0.000000249. The number of ether oxygens (including phenoxy) is 1. The number of aliphatic carboxylic acids is 1. The van der Waals surface area contributed by atoms with Crippen molar-refractivity contribution in [2.24, 2.45) is 0 Å². The summed E-state index contributed by atoms with van der Waals surface area (Å²) in [5.41, 5.74) is 3.47. The van der Waals surface area contributed by atoms with Gasteiger partial charge in [-0.3, -0.25) is 0 Å². The van der Waals surface area contributed by atoms with Crippen LogP contribution in [0.4, 0.5) is 0 Å². The van der Waals surface area contributed by atoms with E-state index in [9.17, 15) is 4.79 Å². The lowest BCUT2D eigenvalue weighted by atomic mass is 9.77. The van der Waals surface area contributed by atoms with Crippen LogP contribution in [0.3, 0.4) is 0 Å². The summed E-state index contributed by atoms with van der Waals surface area (Å²) in [6.07, 6.45) is 18.4. The quantitative estimate of drug-likeness (QED) is 0.215. The van der Waals surface area contributed by atoms with E-state index in [-0.39, 0.29) is 5.57 Å². The minimum Gasteiger partial charge on any atom is -0.497 e. The van der Waals surface area contributed by atoms with Gasteiger partial charge in [0.2, 0.25) is 0 Å². The van der Waals surface area contributed by atoms with Crippen molar-refractivity contribution in [3.63, 3.8) is 0 Å². The van der Waals surface area contributed by atoms with Gasteiger partial charge in [0.1, 0.15) is 6.61 Å². The number of hydrogen-bond donors (Lipinski definition) is 1. The van der Waals surface area contributed by atoms with Crippen molar-refractivity contribution in [2.75, 3.05) is 6.61 Å². The third-order valence-corrected chi connectivity index (χ3v) is 6.85. The van der Waals surface area contributed by atoms with Crippen LogP contribution in [0.2, 0.25) is 0 Å². The number of aryl methyl sites for hydroxylation is 1. The molecule has 36 heavy (non-hydrogen) atoms. The van der Waals surface area contributed by atoms with Crippen molar-refractivity contribution in [3.05, 3.63) is 96.3 Å². The summed E-state index contributed by atoms with van der Waals surface area (Å²) < 4.78 is 4.80. The highest BCUT2D eigenvalue weighted by molar-refractivity contribution is 6.08. The monoisotopic (exact) mass is 484 g/mol. The molecular weight excluding hydrogens is 444 g/mol. The Labute approximate surface area is 216 Å². The van der Waals surface area contributed by atoms with Crippen LogP contribution in [0.1, 0.15) is 75.8 Å². The Morgan fingerprint density at radius 2 is 1.78 bits per heavy atom. The van der Waals surface area contributed by atoms with E-state index in [1.807, 2.05) is 18.2 Å². The number of allylic oxidation sites excluding steroid dienone is 2. The molecule has 0 spiro atoms. The summed E-state index contributed by atoms with van der Waals surface area (Å²) >= 11 is 0. The molecule has 0 fully saturated rings. The summed E-state index contributed by atoms with van der Waals surface area (Å²) in [6.45, 7) is 7.63. The normalized spacial score (nSPS) is 15.7. The number of fused-ring (bicyclic) bond motifs is 5. The van der Waals surface area contributed by atoms with Gasteiger partial charge in [0.25, 0.3) is 0 Å². The zero-order valence-electron chi connectivity index (χ0n) is 21.8. The Kier molecular flexibility index (Phi) is 10.8. The number of carboxylic acids is 1. The molecule has 1 aliphatic carbocycles. The van der Waals surface area contributed by atoms with E-state index >= 15 is 0 Å². The Morgan fingerprint density at radius 3 is 2.42 bits per heavy atom. The largest absolute Gasteiger partial charge is 0.497 e. The maximum atomic E-state index is 9.60. The van der Waals surface area contributed by atoms with E-state index in [4.69, 9.17) is 9.84 Å². The SMILES string of the molecule is C1=CCOC=C1.C=C(C)C(=O)O.CCCCCCC1CCCc2ccc3c(ccc4ccccc43)c21. The molecule has 3 heteroatoms. The zero-order valence-corrected chi connectivity index (χ0v) is 21.8. The predicted octanol–water partition coefficient (Wildman–Crippen LogP) is 9.12. The molecule has 5 rings (SSSR count). The molecule has 190 valence electrons. The first-order valence-corrected chi connectivity index (χ1v) is 13.3. The zero-order chi connectivity index (χ0) is 25.8. The molecule has 0 bridgehead atoms. The average Bonchev–Trinajstić information content (AvgIpc) is 2.92. The van der Waals surface area contributed by atoms with E-state index < -0.39 is 5.97 Å². The molecule has 0 radical (unpaired) electrons. The highest BCUT2D eigenvalue weighted by atomic mass is 16.5. The maximum absolute atomic E-state index is 9.60. The van der Waals surface area contributed by atoms with E-state index in [0.29, 0.717) is 0 Å². The van der Waals surface area contributed by atoms with Crippen molar-refractivity contribution in [2.45, 2.75) is 71.1 Å². The van der Waals surface area contributed by atoms with Gasteiger partial charge in [-0.1, -0.05) is 93.8 Å². The van der Waals surface area contributed by atoms with Gasteiger partial charge in [-0.15, -0.1) is 0 Å². The van der Waals surface area contributed by atoms with Gasteiger partial charge in [-0.05, 0) is 83.3 Å². The molecule has 2 aliphatic rings. The molecule has 0 amide bonds. The van der Waals surface area contributed by atoms with Crippen LogP contribution >= 0.6 is 0 Å². The summed E-state index contributed by atoms with van der Waals surface area (Å²) in [6, 6.07) is 18.3. The van der Waals surface area contributed by atoms with Gasteiger partial charge < -0.3 is 9.84 Å². The van der Waals surface area contributed by atoms with Crippen molar-refractivity contribution >= 4 is 27.5 Å². The maximum Gasteiger partial charge on any atom is 0.330 e. The number of benzene rings is 3. The fourth-order valence-electron chi connectivity index (χ4n) is 4.99. The van der Waals surface area contributed by atoms with Gasteiger partial charge in [0.05, 0.1) is 6.26 Å². The molecule has 0 saturated heterocycles. The van der Waals surface area contributed by atoms with Gasteiger partial charge in [0.15, 0.2) is 0 Å². The molecule has 0 aromatic heterocycles. The van der Waals surface area contributed by atoms with Crippen LogP contribution in [-0.2, 0) is 16.0 Å². The molecule has 1 unspecified atom stereocenters. The lowest BCUT2D eigenvalue weighted by Gasteiger charge is -2.27. The molecular formula is C33H40O3. The van der Waals surface area contributed by atoms with Crippen molar-refractivity contribution in [1.29, 1.82) is 0 Å². The summed E-state index contributed by atoms with van der Waals surface area (Å²) in [4.78, 5) is 9.60. The molecule has 3 nitrogen and oxygen atoms in total. The average molecular weight is 485 g/mol. The molecule has 3 aromatic carbocycles. The van der Waals surface area contributed by atoms with Crippen LogP contribution in [0.5, 0.6) is 0 Å². The second kappa shape index (κ2) is 14.3.